The number of carboxylic acid groups (broad SMARTS) is 2. The van der Waals surface area contributed by atoms with Crippen LogP contribution in [0, 0.1) is 51.2 Å². The van der Waals surface area contributed by atoms with Crippen LogP contribution in [0.1, 0.15) is 137 Å². The van der Waals surface area contributed by atoms with Crippen molar-refractivity contribution in [2.45, 2.75) is 149 Å². The van der Waals surface area contributed by atoms with E-state index < -0.39 is 22.8 Å². The minimum Gasteiger partial charge on any atom is -0.481 e. The van der Waals surface area contributed by atoms with Gasteiger partial charge in [0.1, 0.15) is 0 Å². The third-order valence-corrected chi connectivity index (χ3v) is 15.5. The highest BCUT2D eigenvalue weighted by Gasteiger charge is 2.62. The van der Waals surface area contributed by atoms with E-state index in [9.17, 15) is 19.8 Å². The lowest BCUT2D eigenvalue weighted by Gasteiger charge is -2.57. The molecule has 2 N–H and O–H groups in total. The summed E-state index contributed by atoms with van der Waals surface area (Å²) in [5.74, 6) is 0.406. The maximum atomic E-state index is 12.4. The number of carboxylic acids is 2. The summed E-state index contributed by atoms with van der Waals surface area (Å²) >= 11 is 0. The molecule has 0 aromatic rings. The third-order valence-electron chi connectivity index (χ3n) is 15.5. The van der Waals surface area contributed by atoms with Crippen LogP contribution in [-0.2, 0) is 14.3 Å². The van der Waals surface area contributed by atoms with Gasteiger partial charge in [-0.3, -0.25) is 9.59 Å². The first-order valence-electron chi connectivity index (χ1n) is 18.3. The molecule has 6 fully saturated rings. The minimum atomic E-state index is -0.631. The second-order valence-corrected chi connectivity index (χ2v) is 17.6. The van der Waals surface area contributed by atoms with Gasteiger partial charge < -0.3 is 14.9 Å². The van der Waals surface area contributed by atoms with Crippen LogP contribution in [0.3, 0.4) is 0 Å². The Morgan fingerprint density at radius 3 is 1.78 bits per heavy atom. The molecule has 0 bridgehead atoms. The molecule has 0 spiro atoms. The monoisotopic (exact) mass is 620 g/mol. The number of ether oxygens (including phenoxy) is 1. The van der Waals surface area contributed by atoms with Crippen molar-refractivity contribution in [2.24, 2.45) is 51.2 Å². The average Bonchev–Trinajstić information content (AvgIpc) is 3.69. The van der Waals surface area contributed by atoms with Crippen molar-refractivity contribution in [1.29, 1.82) is 0 Å². The molecule has 6 rings (SSSR count). The molecule has 5 nitrogen and oxygen atoms in total. The van der Waals surface area contributed by atoms with Crippen molar-refractivity contribution >= 4 is 11.9 Å². The highest BCUT2D eigenvalue weighted by atomic mass is 16.6. The van der Waals surface area contributed by atoms with Crippen molar-refractivity contribution < 1.29 is 24.5 Å². The second kappa shape index (κ2) is 11.4. The van der Waals surface area contributed by atoms with E-state index in [0.717, 1.165) is 109 Å². The van der Waals surface area contributed by atoms with Crippen LogP contribution >= 0.6 is 0 Å². The van der Waals surface area contributed by atoms with Crippen LogP contribution in [0.5, 0.6) is 0 Å². The van der Waals surface area contributed by atoms with Crippen molar-refractivity contribution in [3.05, 3.63) is 36.5 Å². The van der Waals surface area contributed by atoms with Gasteiger partial charge in [-0.1, -0.05) is 63.1 Å². The Morgan fingerprint density at radius 2 is 1.29 bits per heavy atom. The first kappa shape index (κ1) is 33.0. The molecule has 1 aliphatic heterocycles. The zero-order valence-corrected chi connectivity index (χ0v) is 28.7. The maximum absolute atomic E-state index is 12.4. The highest BCUT2D eigenvalue weighted by Crippen LogP contribution is 2.64. The lowest BCUT2D eigenvalue weighted by Crippen LogP contribution is -2.53. The lowest BCUT2D eigenvalue weighted by molar-refractivity contribution is -0.164. The molecule has 1 saturated heterocycles. The summed E-state index contributed by atoms with van der Waals surface area (Å²) in [6.07, 6.45) is 17.3. The zero-order valence-electron chi connectivity index (χ0n) is 28.7. The van der Waals surface area contributed by atoms with E-state index in [-0.39, 0.29) is 28.3 Å². The average molecular weight is 621 g/mol. The van der Waals surface area contributed by atoms with Gasteiger partial charge in [-0.2, -0.15) is 0 Å². The summed E-state index contributed by atoms with van der Waals surface area (Å²) in [6.45, 7) is 22.4. The Balaban J connectivity index is 1.05. The summed E-state index contributed by atoms with van der Waals surface area (Å²) in [5.41, 5.74) is 2.75. The number of aliphatic carboxylic acids is 2. The number of epoxide rings is 1. The van der Waals surface area contributed by atoms with Crippen LogP contribution in [0.4, 0.5) is 0 Å². The van der Waals surface area contributed by atoms with Crippen LogP contribution in [-0.4, -0.2) is 33.9 Å². The topological polar surface area (TPSA) is 87.1 Å². The SMILES string of the molecule is C=C(CC[C@@H]1C(=C)CC[C@H]2[C@@]1(C)CCC[C@]2(C)C(=O)O)C1CC[C@]2(CC[C@@H]3C(=C)CC[C@H]4[C@@]3(C)CCC[C@]4(C)C(=O)O)OC2C1. The number of hydrogen-bond acceptors (Lipinski definition) is 3. The molecule has 1 heterocycles. The summed E-state index contributed by atoms with van der Waals surface area (Å²) in [5, 5.41) is 20.4. The van der Waals surface area contributed by atoms with Gasteiger partial charge in [-0.25, -0.2) is 0 Å². The van der Waals surface area contributed by atoms with Crippen LogP contribution in [0.2, 0.25) is 0 Å². The number of carbonyl (C=O) groups is 2. The van der Waals surface area contributed by atoms with E-state index in [1.165, 1.54) is 16.7 Å². The molecule has 250 valence electrons. The van der Waals surface area contributed by atoms with Crippen molar-refractivity contribution in [2.75, 3.05) is 0 Å². The van der Waals surface area contributed by atoms with Gasteiger partial charge in [0, 0.05) is 0 Å². The smallest absolute Gasteiger partial charge is 0.309 e. The largest absolute Gasteiger partial charge is 0.481 e. The second-order valence-electron chi connectivity index (χ2n) is 17.6. The molecule has 0 amide bonds. The zero-order chi connectivity index (χ0) is 32.6. The Morgan fingerprint density at radius 1 is 0.778 bits per heavy atom. The summed E-state index contributed by atoms with van der Waals surface area (Å²) in [7, 11) is 0. The van der Waals surface area contributed by atoms with Crippen molar-refractivity contribution in [1.82, 2.24) is 0 Å². The molecule has 0 aromatic heterocycles. The molecule has 0 aromatic carbocycles. The minimum absolute atomic E-state index is 0.00132. The molecule has 5 heteroatoms. The molecule has 45 heavy (non-hydrogen) atoms. The van der Waals surface area contributed by atoms with Crippen LogP contribution in [0.25, 0.3) is 0 Å². The van der Waals surface area contributed by atoms with Gasteiger partial charge in [-0.05, 0) is 151 Å². The van der Waals surface area contributed by atoms with Crippen molar-refractivity contribution in [3.8, 4) is 0 Å². The number of rotatable bonds is 9. The molecule has 5 saturated carbocycles. The van der Waals surface area contributed by atoms with E-state index in [2.05, 4.69) is 33.6 Å². The maximum Gasteiger partial charge on any atom is 0.309 e. The Bertz CT molecular complexity index is 1270. The van der Waals surface area contributed by atoms with Gasteiger partial charge in [0.05, 0.1) is 22.5 Å². The summed E-state index contributed by atoms with van der Waals surface area (Å²) in [4.78, 5) is 24.8. The van der Waals surface area contributed by atoms with E-state index in [0.29, 0.717) is 23.9 Å². The predicted molar refractivity (Wildman–Crippen MR) is 179 cm³/mol. The van der Waals surface area contributed by atoms with Crippen molar-refractivity contribution in [3.63, 3.8) is 0 Å². The molecular formula is C40H60O5. The molecular weight excluding hydrogens is 560 g/mol. The molecule has 0 radical (unpaired) electrons. The lowest BCUT2D eigenvalue weighted by atomic mass is 9.46. The van der Waals surface area contributed by atoms with Crippen LogP contribution < -0.4 is 0 Å². The number of fused-ring (bicyclic) bond motifs is 3. The Labute approximate surface area is 272 Å². The summed E-state index contributed by atoms with van der Waals surface area (Å²) in [6, 6.07) is 0. The molecule has 11 atom stereocenters. The predicted octanol–water partition coefficient (Wildman–Crippen LogP) is 9.77. The summed E-state index contributed by atoms with van der Waals surface area (Å²) < 4.78 is 6.53. The fraction of sp³-hybridized carbons (Fsp3) is 0.800. The van der Waals surface area contributed by atoms with Crippen LogP contribution in [0.15, 0.2) is 36.5 Å². The van der Waals surface area contributed by atoms with Gasteiger partial charge in [-0.15, -0.1) is 0 Å². The van der Waals surface area contributed by atoms with Gasteiger partial charge >= 0.3 is 11.9 Å². The first-order chi connectivity index (χ1) is 21.1. The van der Waals surface area contributed by atoms with E-state index >= 15 is 0 Å². The number of allylic oxidation sites excluding steroid dienone is 3. The third kappa shape index (κ3) is 5.21. The fourth-order valence-corrected chi connectivity index (χ4v) is 12.6. The molecule has 2 unspecified atom stereocenters. The Hall–Kier alpha value is -1.88. The van der Waals surface area contributed by atoms with Gasteiger partial charge in [0.25, 0.3) is 0 Å². The first-order valence-corrected chi connectivity index (χ1v) is 18.3. The standard InChI is InChI=1S/C40H60O5/c1-25(10-13-29-26(2)11-14-31-36(29,4)18-8-20-38(31,6)34(41)42)28-16-22-40(33(24-28)45-40)23-17-30-27(3)12-15-32-37(30,5)19-9-21-39(32,7)35(43)44/h28-33H,1-3,8-24H2,4-7H3,(H,41,42)(H,43,44)/t28?,29-,30-,31+,32+,33?,36+,37+,38+,39+,40-/m1/s1. The quantitative estimate of drug-likeness (QED) is 0.198. The van der Waals surface area contributed by atoms with Gasteiger partial charge in [0.2, 0.25) is 0 Å². The Kier molecular flexibility index (Phi) is 8.35. The highest BCUT2D eigenvalue weighted by molar-refractivity contribution is 5.75. The van der Waals surface area contributed by atoms with E-state index in [4.69, 9.17) is 4.74 Å². The van der Waals surface area contributed by atoms with E-state index in [1.807, 2.05) is 13.8 Å². The normalized spacial score (nSPS) is 47.6. The number of hydrogen-bond donors (Lipinski definition) is 2. The molecule has 5 aliphatic carbocycles. The van der Waals surface area contributed by atoms with E-state index in [1.54, 1.807) is 0 Å². The van der Waals surface area contributed by atoms with Gasteiger partial charge in [0.15, 0.2) is 0 Å². The molecule has 6 aliphatic rings. The fourth-order valence-electron chi connectivity index (χ4n) is 12.6.